The fourth-order valence-corrected chi connectivity index (χ4v) is 1.75. The van der Waals surface area contributed by atoms with Crippen LogP contribution in [0, 0.1) is 0 Å². The standard InChI is InChI=1S/C14H15NO.ClH/c1-16-14-8-7-13(15)10-12(14)9-11-5-3-2-4-6-11;/h2-8,10H,9,15H2,1H3;1H. The summed E-state index contributed by atoms with van der Waals surface area (Å²) < 4.78 is 5.32. The second-order valence-corrected chi connectivity index (χ2v) is 3.73. The Kier molecular flexibility index (Phi) is 4.85. The highest BCUT2D eigenvalue weighted by Crippen LogP contribution is 2.23. The Morgan fingerprint density at radius 1 is 1.06 bits per heavy atom. The molecule has 0 aliphatic heterocycles. The predicted octanol–water partition coefficient (Wildman–Crippen LogP) is 3.29. The van der Waals surface area contributed by atoms with E-state index in [1.54, 1.807) is 7.11 Å². The molecule has 0 aromatic heterocycles. The van der Waals surface area contributed by atoms with Crippen molar-refractivity contribution in [1.82, 2.24) is 0 Å². The van der Waals surface area contributed by atoms with Crippen molar-refractivity contribution in [1.29, 1.82) is 0 Å². The van der Waals surface area contributed by atoms with Crippen LogP contribution in [-0.4, -0.2) is 7.11 Å². The molecule has 0 fully saturated rings. The summed E-state index contributed by atoms with van der Waals surface area (Å²) in [5.41, 5.74) is 8.93. The third-order valence-corrected chi connectivity index (χ3v) is 2.54. The van der Waals surface area contributed by atoms with Crippen molar-refractivity contribution in [3.8, 4) is 5.75 Å². The number of benzene rings is 2. The first-order valence-electron chi connectivity index (χ1n) is 5.26. The van der Waals surface area contributed by atoms with E-state index in [9.17, 15) is 0 Å². The quantitative estimate of drug-likeness (QED) is 0.848. The Morgan fingerprint density at radius 3 is 2.41 bits per heavy atom. The number of hydrogen-bond donors (Lipinski definition) is 1. The van der Waals surface area contributed by atoms with Gasteiger partial charge >= 0.3 is 0 Å². The normalized spacial score (nSPS) is 9.47. The van der Waals surface area contributed by atoms with E-state index in [0.717, 1.165) is 23.4 Å². The minimum absolute atomic E-state index is 0. The van der Waals surface area contributed by atoms with Gasteiger partial charge in [-0.15, -0.1) is 12.4 Å². The smallest absolute Gasteiger partial charge is 0.122 e. The lowest BCUT2D eigenvalue weighted by molar-refractivity contribution is 0.410. The monoisotopic (exact) mass is 249 g/mol. The van der Waals surface area contributed by atoms with Gasteiger partial charge in [0.25, 0.3) is 0 Å². The molecule has 90 valence electrons. The van der Waals surface area contributed by atoms with Crippen LogP contribution < -0.4 is 10.5 Å². The first kappa shape index (κ1) is 13.4. The molecule has 0 aliphatic rings. The van der Waals surface area contributed by atoms with Gasteiger partial charge in [-0.3, -0.25) is 0 Å². The van der Waals surface area contributed by atoms with Crippen LogP contribution in [0.15, 0.2) is 48.5 Å². The van der Waals surface area contributed by atoms with Crippen LogP contribution in [0.2, 0.25) is 0 Å². The number of anilines is 1. The van der Waals surface area contributed by atoms with E-state index < -0.39 is 0 Å². The summed E-state index contributed by atoms with van der Waals surface area (Å²) in [4.78, 5) is 0. The first-order valence-corrected chi connectivity index (χ1v) is 5.26. The summed E-state index contributed by atoms with van der Waals surface area (Å²) in [5.74, 6) is 0.887. The van der Waals surface area contributed by atoms with Gasteiger partial charge in [0, 0.05) is 17.7 Å². The number of nitrogen functional groups attached to an aromatic ring is 1. The lowest BCUT2D eigenvalue weighted by Crippen LogP contribution is -1.95. The number of halogens is 1. The van der Waals surface area contributed by atoms with Gasteiger partial charge in [-0.25, -0.2) is 0 Å². The van der Waals surface area contributed by atoms with Crippen molar-refractivity contribution >= 4 is 18.1 Å². The lowest BCUT2D eigenvalue weighted by Gasteiger charge is -2.09. The van der Waals surface area contributed by atoms with Crippen molar-refractivity contribution in [2.45, 2.75) is 6.42 Å². The Morgan fingerprint density at radius 2 is 1.76 bits per heavy atom. The van der Waals surface area contributed by atoms with Crippen LogP contribution >= 0.6 is 12.4 Å². The summed E-state index contributed by atoms with van der Waals surface area (Å²) >= 11 is 0. The van der Waals surface area contributed by atoms with Gasteiger partial charge in [-0.2, -0.15) is 0 Å². The molecular weight excluding hydrogens is 234 g/mol. The molecule has 0 bridgehead atoms. The van der Waals surface area contributed by atoms with Crippen molar-refractivity contribution in [3.63, 3.8) is 0 Å². The molecule has 0 unspecified atom stereocenters. The van der Waals surface area contributed by atoms with E-state index in [2.05, 4.69) is 12.1 Å². The fourth-order valence-electron chi connectivity index (χ4n) is 1.75. The van der Waals surface area contributed by atoms with E-state index in [0.29, 0.717) is 0 Å². The molecule has 0 heterocycles. The van der Waals surface area contributed by atoms with Gasteiger partial charge in [-0.05, 0) is 23.8 Å². The molecule has 0 radical (unpaired) electrons. The Bertz CT molecular complexity index is 471. The summed E-state index contributed by atoms with van der Waals surface area (Å²) in [6.07, 6.45) is 0.842. The second-order valence-electron chi connectivity index (χ2n) is 3.73. The summed E-state index contributed by atoms with van der Waals surface area (Å²) in [7, 11) is 1.68. The van der Waals surface area contributed by atoms with Gasteiger partial charge in [0.2, 0.25) is 0 Å². The van der Waals surface area contributed by atoms with E-state index in [1.165, 1.54) is 5.56 Å². The Hall–Kier alpha value is -1.67. The average Bonchev–Trinajstić information content (AvgIpc) is 2.31. The number of hydrogen-bond acceptors (Lipinski definition) is 2. The fraction of sp³-hybridized carbons (Fsp3) is 0.143. The maximum atomic E-state index is 5.78. The van der Waals surface area contributed by atoms with Crippen molar-refractivity contribution < 1.29 is 4.74 Å². The number of ether oxygens (including phenoxy) is 1. The molecule has 3 heteroatoms. The highest BCUT2D eigenvalue weighted by Gasteiger charge is 2.04. The maximum Gasteiger partial charge on any atom is 0.122 e. The third kappa shape index (κ3) is 3.40. The minimum atomic E-state index is 0. The van der Waals surface area contributed by atoms with Crippen LogP contribution in [0.4, 0.5) is 5.69 Å². The SMILES string of the molecule is COc1ccc(N)cc1Cc1ccccc1.Cl. The van der Waals surface area contributed by atoms with Crippen molar-refractivity contribution in [2.75, 3.05) is 12.8 Å². The van der Waals surface area contributed by atoms with Crippen LogP contribution in [0.1, 0.15) is 11.1 Å². The highest BCUT2D eigenvalue weighted by molar-refractivity contribution is 5.85. The molecule has 0 atom stereocenters. The first-order chi connectivity index (χ1) is 7.79. The average molecular weight is 250 g/mol. The topological polar surface area (TPSA) is 35.2 Å². The molecule has 0 saturated heterocycles. The molecule has 2 nitrogen and oxygen atoms in total. The molecule has 2 rings (SSSR count). The zero-order valence-corrected chi connectivity index (χ0v) is 10.5. The zero-order chi connectivity index (χ0) is 11.4. The summed E-state index contributed by atoms with van der Waals surface area (Å²) in [5, 5.41) is 0. The lowest BCUT2D eigenvalue weighted by atomic mass is 10.0. The molecule has 0 saturated carbocycles. The van der Waals surface area contributed by atoms with Gasteiger partial charge < -0.3 is 10.5 Å². The maximum absolute atomic E-state index is 5.78. The highest BCUT2D eigenvalue weighted by atomic mass is 35.5. The van der Waals surface area contributed by atoms with E-state index in [4.69, 9.17) is 10.5 Å². The minimum Gasteiger partial charge on any atom is -0.496 e. The van der Waals surface area contributed by atoms with Crippen LogP contribution in [0.5, 0.6) is 5.75 Å². The molecule has 0 amide bonds. The summed E-state index contributed by atoms with van der Waals surface area (Å²) in [6.45, 7) is 0. The molecule has 0 spiro atoms. The van der Waals surface area contributed by atoms with Gasteiger partial charge in [0.15, 0.2) is 0 Å². The Labute approximate surface area is 108 Å². The molecule has 2 aromatic rings. The van der Waals surface area contributed by atoms with Gasteiger partial charge in [0.1, 0.15) is 5.75 Å². The molecule has 17 heavy (non-hydrogen) atoms. The summed E-state index contributed by atoms with van der Waals surface area (Å²) in [6, 6.07) is 16.0. The number of rotatable bonds is 3. The largest absolute Gasteiger partial charge is 0.496 e. The predicted molar refractivity (Wildman–Crippen MR) is 73.9 cm³/mol. The van der Waals surface area contributed by atoms with Crippen LogP contribution in [0.25, 0.3) is 0 Å². The van der Waals surface area contributed by atoms with Crippen LogP contribution in [-0.2, 0) is 6.42 Å². The van der Waals surface area contributed by atoms with Gasteiger partial charge in [-0.1, -0.05) is 30.3 Å². The van der Waals surface area contributed by atoms with E-state index in [1.807, 2.05) is 36.4 Å². The van der Waals surface area contributed by atoms with Crippen molar-refractivity contribution in [2.24, 2.45) is 0 Å². The second kappa shape index (κ2) is 6.16. The zero-order valence-electron chi connectivity index (χ0n) is 9.72. The molecule has 2 N–H and O–H groups in total. The van der Waals surface area contributed by atoms with Crippen LogP contribution in [0.3, 0.4) is 0 Å². The Balaban J connectivity index is 0.00000144. The van der Waals surface area contributed by atoms with E-state index in [-0.39, 0.29) is 12.4 Å². The molecule has 0 aliphatic carbocycles. The van der Waals surface area contributed by atoms with Crippen molar-refractivity contribution in [3.05, 3.63) is 59.7 Å². The molecule has 2 aromatic carbocycles. The number of methoxy groups -OCH3 is 1. The number of nitrogens with two attached hydrogens (primary N) is 1. The molecular formula is C14H16ClNO. The van der Waals surface area contributed by atoms with Gasteiger partial charge in [0.05, 0.1) is 7.11 Å². The third-order valence-electron chi connectivity index (χ3n) is 2.54. The van der Waals surface area contributed by atoms with E-state index >= 15 is 0 Å².